The zero-order valence-corrected chi connectivity index (χ0v) is 28.1. The summed E-state index contributed by atoms with van der Waals surface area (Å²) in [5.41, 5.74) is 2.74. The van der Waals surface area contributed by atoms with Crippen LogP contribution in [0.4, 0.5) is 9.52 Å². The highest BCUT2D eigenvalue weighted by atomic mass is 32.1. The van der Waals surface area contributed by atoms with Crippen molar-refractivity contribution in [2.45, 2.75) is 25.4 Å². The molecule has 1 saturated carbocycles. The van der Waals surface area contributed by atoms with E-state index >= 15 is 0 Å². The number of anilines is 1. The summed E-state index contributed by atoms with van der Waals surface area (Å²) in [4.78, 5) is 44.6. The van der Waals surface area contributed by atoms with Gasteiger partial charge in [0.15, 0.2) is 0 Å². The lowest BCUT2D eigenvalue weighted by Crippen LogP contribution is -2.65. The Morgan fingerprint density at radius 1 is 1.00 bits per heavy atom. The van der Waals surface area contributed by atoms with Crippen molar-refractivity contribution in [1.29, 1.82) is 0 Å². The number of carbonyl (C=O) groups is 2. The monoisotopic (exact) mass is 703 g/mol. The van der Waals surface area contributed by atoms with Gasteiger partial charge >= 0.3 is 0 Å². The smallest absolute Gasteiger partial charge is 0.296 e. The van der Waals surface area contributed by atoms with E-state index in [4.69, 9.17) is 9.47 Å². The highest BCUT2D eigenvalue weighted by Crippen LogP contribution is 2.50. The predicted molar refractivity (Wildman–Crippen MR) is 188 cm³/mol. The van der Waals surface area contributed by atoms with Crippen LogP contribution >= 0.6 is 11.3 Å². The van der Waals surface area contributed by atoms with Crippen LogP contribution in [-0.2, 0) is 6.42 Å². The van der Waals surface area contributed by atoms with Crippen LogP contribution in [0.5, 0.6) is 10.9 Å². The van der Waals surface area contributed by atoms with Gasteiger partial charge in [0.25, 0.3) is 22.6 Å². The summed E-state index contributed by atoms with van der Waals surface area (Å²) in [5, 5.41) is 19.6. The Balaban J connectivity index is 0.861. The highest BCUT2D eigenvalue weighted by Gasteiger charge is 2.55. The van der Waals surface area contributed by atoms with Crippen molar-refractivity contribution in [3.63, 3.8) is 0 Å². The third-order valence-corrected chi connectivity index (χ3v) is 10.2. The molecule has 2 N–H and O–H groups in total. The zero-order valence-electron chi connectivity index (χ0n) is 27.3. The van der Waals surface area contributed by atoms with E-state index in [0.717, 1.165) is 16.9 Å². The molecule has 0 unspecified atom stereocenters. The number of benzene rings is 3. The Hall–Kier alpha value is -6.02. The lowest BCUT2D eigenvalue weighted by molar-refractivity contribution is -0.103. The van der Waals surface area contributed by atoms with Gasteiger partial charge in [0, 0.05) is 53.8 Å². The topological polar surface area (TPSA) is 152 Å². The standard InChI is InChI=1S/C37H30FN7O5S/c1-49-31-9-5-4-7-24(31)28-18-39-13-12-26(28)32(46)40-35-43-44-36(51-35)50-22-16-37(17-22)19-45(20-37)34(48)27-14-21(10-11-29(27)38)15-30-23-6-2-3-8-25(23)33(47)42-41-30/h2-14,18,22H,15-17,19-20H2,1H3,(H,42,47)(H,40,43,46). The van der Waals surface area contributed by atoms with Crippen molar-refractivity contribution in [3.8, 4) is 22.1 Å². The molecular weight excluding hydrogens is 674 g/mol. The maximum absolute atomic E-state index is 14.9. The number of hydrogen-bond donors (Lipinski definition) is 2. The lowest BCUT2D eigenvalue weighted by Gasteiger charge is -2.58. The van der Waals surface area contributed by atoms with Crippen LogP contribution in [0.25, 0.3) is 21.9 Å². The number of halogens is 1. The number of carbonyl (C=O) groups excluding carboxylic acids is 2. The van der Waals surface area contributed by atoms with E-state index in [1.807, 2.05) is 36.4 Å². The van der Waals surface area contributed by atoms with E-state index in [0.29, 0.717) is 81.6 Å². The molecule has 1 saturated heterocycles. The van der Waals surface area contributed by atoms with Gasteiger partial charge in [-0.25, -0.2) is 9.49 Å². The molecule has 3 aromatic carbocycles. The first-order chi connectivity index (χ1) is 24.8. The zero-order chi connectivity index (χ0) is 35.1. The van der Waals surface area contributed by atoms with Crippen LogP contribution in [0.3, 0.4) is 0 Å². The number of aromatic nitrogens is 5. The van der Waals surface area contributed by atoms with Gasteiger partial charge in [-0.1, -0.05) is 47.6 Å². The maximum Gasteiger partial charge on any atom is 0.296 e. The summed E-state index contributed by atoms with van der Waals surface area (Å²) in [7, 11) is 1.57. The molecule has 2 amide bonds. The van der Waals surface area contributed by atoms with Gasteiger partial charge in [-0.15, -0.1) is 5.10 Å². The fourth-order valence-corrected chi connectivity index (χ4v) is 7.62. The van der Waals surface area contributed by atoms with Gasteiger partial charge in [-0.05, 0) is 60.1 Å². The van der Waals surface area contributed by atoms with Crippen molar-refractivity contribution < 1.29 is 23.5 Å². The van der Waals surface area contributed by atoms with E-state index in [-0.39, 0.29) is 34.5 Å². The fourth-order valence-electron chi connectivity index (χ4n) is 6.96. The molecule has 2 fully saturated rings. The van der Waals surface area contributed by atoms with Crippen molar-refractivity contribution in [2.24, 2.45) is 5.41 Å². The summed E-state index contributed by atoms with van der Waals surface area (Å²) in [6.07, 6.45) is 4.80. The first-order valence-corrected chi connectivity index (χ1v) is 17.0. The predicted octanol–water partition coefficient (Wildman–Crippen LogP) is 5.51. The molecule has 2 aliphatic rings. The number of aromatic amines is 1. The Morgan fingerprint density at radius 2 is 1.78 bits per heavy atom. The number of likely N-dealkylation sites (tertiary alicyclic amines) is 1. The Morgan fingerprint density at radius 3 is 2.61 bits per heavy atom. The first-order valence-electron chi connectivity index (χ1n) is 16.2. The van der Waals surface area contributed by atoms with E-state index in [1.54, 1.807) is 54.7 Å². The third-order valence-electron chi connectivity index (χ3n) is 9.43. The van der Waals surface area contributed by atoms with E-state index in [9.17, 15) is 18.8 Å². The van der Waals surface area contributed by atoms with E-state index < -0.39 is 5.82 Å². The molecule has 0 atom stereocenters. The van der Waals surface area contributed by atoms with Crippen LogP contribution in [0.2, 0.25) is 0 Å². The highest BCUT2D eigenvalue weighted by molar-refractivity contribution is 7.17. The Bertz CT molecular complexity index is 2370. The van der Waals surface area contributed by atoms with Crippen LogP contribution in [-0.4, -0.2) is 68.4 Å². The van der Waals surface area contributed by atoms with Crippen LogP contribution in [0.15, 0.2) is 90.0 Å². The molecule has 12 nitrogen and oxygen atoms in total. The molecule has 0 bridgehead atoms. The average Bonchev–Trinajstić information content (AvgIpc) is 3.57. The molecule has 6 aromatic rings. The van der Waals surface area contributed by atoms with Crippen molar-refractivity contribution in [2.75, 3.05) is 25.5 Å². The van der Waals surface area contributed by atoms with Crippen LogP contribution in [0.1, 0.15) is 44.8 Å². The lowest BCUT2D eigenvalue weighted by atomic mass is 9.61. The molecule has 1 spiro atoms. The number of amides is 2. The quantitative estimate of drug-likeness (QED) is 0.199. The molecule has 4 heterocycles. The van der Waals surface area contributed by atoms with Crippen molar-refractivity contribution >= 4 is 39.1 Å². The molecule has 0 radical (unpaired) electrons. The van der Waals surface area contributed by atoms with Crippen LogP contribution in [0, 0.1) is 11.2 Å². The normalized spacial score (nSPS) is 14.9. The van der Waals surface area contributed by atoms with E-state index in [2.05, 4.69) is 30.7 Å². The molecule has 1 aliphatic carbocycles. The number of ether oxygens (including phenoxy) is 2. The molecule has 51 heavy (non-hydrogen) atoms. The summed E-state index contributed by atoms with van der Waals surface area (Å²) < 4.78 is 26.4. The van der Waals surface area contributed by atoms with Gasteiger partial charge in [0.1, 0.15) is 17.7 Å². The molecule has 8 rings (SSSR count). The third kappa shape index (κ3) is 6.18. The Labute approximate surface area is 294 Å². The number of pyridine rings is 1. The number of hydrogen-bond acceptors (Lipinski definition) is 10. The van der Waals surface area contributed by atoms with Gasteiger partial charge in [-0.2, -0.15) is 5.10 Å². The number of fused-ring (bicyclic) bond motifs is 1. The van der Waals surface area contributed by atoms with Gasteiger partial charge < -0.3 is 14.4 Å². The Kier molecular flexibility index (Phi) is 8.22. The second kappa shape index (κ2) is 13.0. The maximum atomic E-state index is 14.9. The summed E-state index contributed by atoms with van der Waals surface area (Å²) in [5.74, 6) is -0.698. The number of H-pyrrole nitrogens is 1. The minimum absolute atomic E-state index is 0.00781. The summed E-state index contributed by atoms with van der Waals surface area (Å²) in [6.45, 7) is 0.999. The van der Waals surface area contributed by atoms with Gasteiger partial charge in [0.2, 0.25) is 5.13 Å². The number of para-hydroxylation sites is 1. The molecule has 3 aromatic heterocycles. The molecule has 14 heteroatoms. The summed E-state index contributed by atoms with van der Waals surface area (Å²) in [6, 6.07) is 20.7. The first kappa shape index (κ1) is 32.2. The van der Waals surface area contributed by atoms with Crippen molar-refractivity contribution in [3.05, 3.63) is 124 Å². The van der Waals surface area contributed by atoms with Crippen molar-refractivity contribution in [1.82, 2.24) is 30.3 Å². The largest absolute Gasteiger partial charge is 0.496 e. The van der Waals surface area contributed by atoms with Gasteiger partial charge in [0.05, 0.1) is 29.3 Å². The second-order valence-electron chi connectivity index (χ2n) is 12.8. The molecule has 256 valence electrons. The van der Waals surface area contributed by atoms with E-state index in [1.165, 1.54) is 6.07 Å². The minimum atomic E-state index is -0.585. The van der Waals surface area contributed by atoms with Gasteiger partial charge in [-0.3, -0.25) is 24.7 Å². The second-order valence-corrected chi connectivity index (χ2v) is 13.7. The van der Waals surface area contributed by atoms with Crippen LogP contribution < -0.4 is 20.3 Å². The average molecular weight is 704 g/mol. The number of methoxy groups -OCH3 is 1. The fraction of sp³-hybridized carbons (Fsp3) is 0.216. The number of nitrogens with zero attached hydrogens (tertiary/aromatic N) is 5. The SMILES string of the molecule is COc1ccccc1-c1cnccc1C(=O)Nc1nnc(OC2CC3(C2)CN(C(=O)c2cc(Cc4n[nH]c(=O)c5ccccc45)ccc2F)C3)s1. The summed E-state index contributed by atoms with van der Waals surface area (Å²) >= 11 is 1.13. The molecule has 1 aliphatic heterocycles. The molecular formula is C37H30FN7O5S. The number of rotatable bonds is 9. The number of nitrogens with one attached hydrogen (secondary N) is 2. The minimum Gasteiger partial charge on any atom is -0.496 e.